The van der Waals surface area contributed by atoms with Gasteiger partial charge in [0.1, 0.15) is 0 Å². The standard InChI is InChI=1S/C48H32N6/c1-4-13-33(14-5-1)41-30-44(42-21-10-11-28-49-42)51-45(31-41)43-27-26-40(32-50-43)35-24-22-34(23-25-35)38-19-12-20-39(29-38)48-53-46(36-15-6-2-7-16-36)52-47(54-48)37-17-8-3-9-18-37/h1-32H. The topological polar surface area (TPSA) is 77.3 Å². The zero-order valence-electron chi connectivity index (χ0n) is 29.2. The van der Waals surface area contributed by atoms with Crippen molar-refractivity contribution in [3.8, 4) is 90.3 Å². The second-order valence-corrected chi connectivity index (χ2v) is 12.8. The van der Waals surface area contributed by atoms with Crippen molar-refractivity contribution < 1.29 is 0 Å². The van der Waals surface area contributed by atoms with E-state index in [0.717, 1.165) is 72.8 Å². The molecule has 0 aliphatic rings. The number of pyridine rings is 3. The highest BCUT2D eigenvalue weighted by atomic mass is 15.0. The second kappa shape index (κ2) is 14.7. The molecule has 0 bridgehead atoms. The van der Waals surface area contributed by atoms with Crippen LogP contribution in [-0.4, -0.2) is 29.9 Å². The Kier molecular flexibility index (Phi) is 8.81. The predicted octanol–water partition coefficient (Wildman–Crippen LogP) is 11.4. The minimum atomic E-state index is 0.628. The molecule has 9 aromatic rings. The second-order valence-electron chi connectivity index (χ2n) is 12.8. The van der Waals surface area contributed by atoms with Crippen LogP contribution < -0.4 is 0 Å². The first-order valence-electron chi connectivity index (χ1n) is 17.8. The van der Waals surface area contributed by atoms with Gasteiger partial charge in [0.2, 0.25) is 0 Å². The molecule has 0 unspecified atom stereocenters. The normalized spacial score (nSPS) is 11.0. The molecule has 0 aliphatic heterocycles. The van der Waals surface area contributed by atoms with Gasteiger partial charge in [-0.25, -0.2) is 19.9 Å². The fraction of sp³-hybridized carbons (Fsp3) is 0. The lowest BCUT2D eigenvalue weighted by molar-refractivity contribution is 1.07. The summed E-state index contributed by atoms with van der Waals surface area (Å²) in [5, 5.41) is 0. The Hall–Kier alpha value is -7.44. The summed E-state index contributed by atoms with van der Waals surface area (Å²) < 4.78 is 0. The SMILES string of the molecule is c1ccc(-c2cc(-c3ccccn3)nc(-c3ccc(-c4ccc(-c5cccc(-c6nc(-c7ccccc7)nc(-c7ccccc7)n6)c5)cc4)cn3)c2)cc1. The molecule has 0 atom stereocenters. The molecule has 6 nitrogen and oxygen atoms in total. The smallest absolute Gasteiger partial charge is 0.164 e. The van der Waals surface area contributed by atoms with Gasteiger partial charge in [-0.05, 0) is 64.2 Å². The number of hydrogen-bond donors (Lipinski definition) is 0. The third-order valence-electron chi connectivity index (χ3n) is 9.26. The Morgan fingerprint density at radius 1 is 0.241 bits per heavy atom. The molecule has 0 radical (unpaired) electrons. The summed E-state index contributed by atoms with van der Waals surface area (Å²) in [4.78, 5) is 29.1. The highest BCUT2D eigenvalue weighted by Gasteiger charge is 2.14. The van der Waals surface area contributed by atoms with Crippen LogP contribution in [0.25, 0.3) is 90.3 Å². The third-order valence-corrected chi connectivity index (χ3v) is 9.26. The highest BCUT2D eigenvalue weighted by Crippen LogP contribution is 2.32. The summed E-state index contributed by atoms with van der Waals surface area (Å²) in [6, 6.07) is 61.5. The lowest BCUT2D eigenvalue weighted by Crippen LogP contribution is -2.00. The van der Waals surface area contributed by atoms with Crippen LogP contribution in [-0.2, 0) is 0 Å². The van der Waals surface area contributed by atoms with Gasteiger partial charge in [0.15, 0.2) is 17.5 Å². The summed E-state index contributed by atoms with van der Waals surface area (Å²) in [6.45, 7) is 0. The minimum Gasteiger partial charge on any atom is -0.255 e. The molecule has 0 fully saturated rings. The minimum absolute atomic E-state index is 0.628. The summed E-state index contributed by atoms with van der Waals surface area (Å²) in [7, 11) is 0. The molecule has 0 saturated carbocycles. The Labute approximate surface area is 313 Å². The van der Waals surface area contributed by atoms with E-state index < -0.39 is 0 Å². The van der Waals surface area contributed by atoms with E-state index in [9.17, 15) is 0 Å². The summed E-state index contributed by atoms with van der Waals surface area (Å²) in [5.41, 5.74) is 12.5. The maximum atomic E-state index is 4.98. The molecule has 4 heterocycles. The first kappa shape index (κ1) is 32.5. The molecule has 0 spiro atoms. The molecule has 5 aromatic carbocycles. The highest BCUT2D eigenvalue weighted by molar-refractivity contribution is 5.77. The van der Waals surface area contributed by atoms with E-state index in [0.29, 0.717) is 17.5 Å². The number of hydrogen-bond acceptors (Lipinski definition) is 6. The van der Waals surface area contributed by atoms with Crippen LogP contribution in [0.2, 0.25) is 0 Å². The van der Waals surface area contributed by atoms with Gasteiger partial charge in [0, 0.05) is 34.6 Å². The lowest BCUT2D eigenvalue weighted by atomic mass is 9.99. The largest absolute Gasteiger partial charge is 0.255 e. The van der Waals surface area contributed by atoms with Crippen LogP contribution in [0.1, 0.15) is 0 Å². The monoisotopic (exact) mass is 692 g/mol. The number of benzene rings is 5. The van der Waals surface area contributed by atoms with Crippen molar-refractivity contribution >= 4 is 0 Å². The van der Waals surface area contributed by atoms with Crippen LogP contribution in [0.15, 0.2) is 194 Å². The van der Waals surface area contributed by atoms with Crippen molar-refractivity contribution in [2.75, 3.05) is 0 Å². The molecule has 6 heteroatoms. The van der Waals surface area contributed by atoms with E-state index in [2.05, 4.69) is 77.8 Å². The predicted molar refractivity (Wildman–Crippen MR) is 217 cm³/mol. The fourth-order valence-corrected chi connectivity index (χ4v) is 6.45. The Bertz CT molecular complexity index is 2550. The number of nitrogens with zero attached hydrogens (tertiary/aromatic N) is 6. The first-order valence-corrected chi connectivity index (χ1v) is 17.8. The lowest BCUT2D eigenvalue weighted by Gasteiger charge is -2.11. The maximum absolute atomic E-state index is 4.98. The van der Waals surface area contributed by atoms with Gasteiger partial charge in [0.25, 0.3) is 0 Å². The van der Waals surface area contributed by atoms with E-state index in [-0.39, 0.29) is 0 Å². The van der Waals surface area contributed by atoms with Crippen LogP contribution in [0.3, 0.4) is 0 Å². The number of aromatic nitrogens is 6. The first-order chi connectivity index (χ1) is 26.7. The molecule has 0 N–H and O–H groups in total. The van der Waals surface area contributed by atoms with Crippen molar-refractivity contribution in [2.45, 2.75) is 0 Å². The van der Waals surface area contributed by atoms with Crippen LogP contribution >= 0.6 is 0 Å². The van der Waals surface area contributed by atoms with Gasteiger partial charge in [-0.3, -0.25) is 9.97 Å². The van der Waals surface area contributed by atoms with Gasteiger partial charge in [-0.2, -0.15) is 0 Å². The molecule has 54 heavy (non-hydrogen) atoms. The van der Waals surface area contributed by atoms with Crippen molar-refractivity contribution in [2.24, 2.45) is 0 Å². The average Bonchev–Trinajstić information content (AvgIpc) is 3.27. The quantitative estimate of drug-likeness (QED) is 0.158. The third kappa shape index (κ3) is 6.92. The van der Waals surface area contributed by atoms with Crippen LogP contribution in [0, 0.1) is 0 Å². The fourth-order valence-electron chi connectivity index (χ4n) is 6.45. The summed E-state index contributed by atoms with van der Waals surface area (Å²) >= 11 is 0. The zero-order chi connectivity index (χ0) is 36.1. The van der Waals surface area contributed by atoms with Crippen molar-refractivity contribution in [3.63, 3.8) is 0 Å². The van der Waals surface area contributed by atoms with Crippen LogP contribution in [0.5, 0.6) is 0 Å². The Morgan fingerprint density at radius 2 is 0.704 bits per heavy atom. The van der Waals surface area contributed by atoms with Crippen molar-refractivity contribution in [3.05, 3.63) is 194 Å². The molecule has 0 amide bonds. The van der Waals surface area contributed by atoms with Gasteiger partial charge in [0.05, 0.1) is 22.8 Å². The number of rotatable bonds is 8. The van der Waals surface area contributed by atoms with E-state index in [1.54, 1.807) is 6.20 Å². The van der Waals surface area contributed by atoms with Crippen molar-refractivity contribution in [1.82, 2.24) is 29.9 Å². The van der Waals surface area contributed by atoms with Gasteiger partial charge in [-0.15, -0.1) is 0 Å². The molecular formula is C48H32N6. The van der Waals surface area contributed by atoms with Crippen LogP contribution in [0.4, 0.5) is 0 Å². The van der Waals surface area contributed by atoms with Gasteiger partial charge < -0.3 is 0 Å². The maximum Gasteiger partial charge on any atom is 0.164 e. The molecule has 0 saturated heterocycles. The average molecular weight is 693 g/mol. The molecule has 9 rings (SSSR count). The van der Waals surface area contributed by atoms with Gasteiger partial charge >= 0.3 is 0 Å². The zero-order valence-corrected chi connectivity index (χ0v) is 29.2. The molecule has 4 aromatic heterocycles. The van der Waals surface area contributed by atoms with E-state index >= 15 is 0 Å². The molecule has 254 valence electrons. The molecule has 0 aliphatic carbocycles. The van der Waals surface area contributed by atoms with E-state index in [1.807, 2.05) is 115 Å². The van der Waals surface area contributed by atoms with Crippen molar-refractivity contribution in [1.29, 1.82) is 0 Å². The van der Waals surface area contributed by atoms with Gasteiger partial charge in [-0.1, -0.05) is 146 Å². The van der Waals surface area contributed by atoms with E-state index in [1.165, 1.54) is 0 Å². The summed E-state index contributed by atoms with van der Waals surface area (Å²) in [6.07, 6.45) is 3.71. The molecular weight excluding hydrogens is 661 g/mol. The van der Waals surface area contributed by atoms with E-state index in [4.69, 9.17) is 24.9 Å². The Balaban J connectivity index is 1.00. The Morgan fingerprint density at radius 3 is 1.26 bits per heavy atom. The summed E-state index contributed by atoms with van der Waals surface area (Å²) in [5.74, 6) is 1.91.